The highest BCUT2D eigenvalue weighted by Crippen LogP contribution is 2.24. The van der Waals surface area contributed by atoms with Crippen LogP contribution in [-0.2, 0) is 9.59 Å². The van der Waals surface area contributed by atoms with Crippen molar-refractivity contribution in [2.45, 2.75) is 31.7 Å². The molecule has 0 spiro atoms. The zero-order chi connectivity index (χ0) is 15.9. The predicted octanol–water partition coefficient (Wildman–Crippen LogP) is 1.33. The van der Waals surface area contributed by atoms with E-state index in [0.717, 1.165) is 31.4 Å². The maximum Gasteiger partial charge on any atom is 0.261 e. The molecule has 0 aromatic heterocycles. The monoisotopic (exact) mass is 306 g/mol. The van der Waals surface area contributed by atoms with E-state index in [9.17, 15) is 9.59 Å². The number of carbonyl (C=O) groups excluding carboxylic acids is 2. The van der Waals surface area contributed by atoms with Gasteiger partial charge in [-0.2, -0.15) is 0 Å². The first-order chi connectivity index (χ1) is 10.6. The van der Waals surface area contributed by atoms with E-state index in [2.05, 4.69) is 0 Å². The van der Waals surface area contributed by atoms with E-state index in [4.69, 9.17) is 15.2 Å². The molecule has 0 radical (unpaired) electrons. The summed E-state index contributed by atoms with van der Waals surface area (Å²) in [5.41, 5.74) is 5.25. The number of ether oxygens (including phenoxy) is 2. The van der Waals surface area contributed by atoms with E-state index >= 15 is 0 Å². The standard InChI is InChI=1S/C16H22N2O4/c1-21-13-6-8-14(9-7-13)22-11-16(20)18(10-15(17)19)12-4-2-3-5-12/h6-9,12H,2-5,10-11H2,1H3,(H2,17,19). The van der Waals surface area contributed by atoms with Gasteiger partial charge in [0.2, 0.25) is 5.91 Å². The van der Waals surface area contributed by atoms with Gasteiger partial charge >= 0.3 is 0 Å². The van der Waals surface area contributed by atoms with Crippen LogP contribution in [0.3, 0.4) is 0 Å². The first kappa shape index (κ1) is 16.1. The summed E-state index contributed by atoms with van der Waals surface area (Å²) in [6, 6.07) is 7.09. The molecule has 0 bridgehead atoms. The molecule has 6 heteroatoms. The molecular weight excluding hydrogens is 284 g/mol. The van der Waals surface area contributed by atoms with E-state index in [-0.39, 0.29) is 25.1 Å². The van der Waals surface area contributed by atoms with Crippen LogP contribution in [0, 0.1) is 0 Å². The molecule has 1 aromatic carbocycles. The normalized spacial score (nSPS) is 14.6. The first-order valence-electron chi connectivity index (χ1n) is 7.45. The van der Waals surface area contributed by atoms with E-state index in [1.54, 1.807) is 36.3 Å². The lowest BCUT2D eigenvalue weighted by Gasteiger charge is -2.27. The van der Waals surface area contributed by atoms with Gasteiger partial charge in [-0.15, -0.1) is 0 Å². The van der Waals surface area contributed by atoms with Crippen molar-refractivity contribution in [3.8, 4) is 11.5 Å². The highest BCUT2D eigenvalue weighted by atomic mass is 16.5. The Morgan fingerprint density at radius 2 is 1.77 bits per heavy atom. The number of rotatable bonds is 7. The quantitative estimate of drug-likeness (QED) is 0.824. The van der Waals surface area contributed by atoms with Crippen molar-refractivity contribution in [3.63, 3.8) is 0 Å². The minimum atomic E-state index is -0.496. The van der Waals surface area contributed by atoms with Crippen molar-refractivity contribution >= 4 is 11.8 Å². The highest BCUT2D eigenvalue weighted by molar-refractivity contribution is 5.84. The molecule has 1 aliphatic carbocycles. The molecule has 0 atom stereocenters. The summed E-state index contributed by atoms with van der Waals surface area (Å²) in [5.74, 6) is 0.603. The van der Waals surface area contributed by atoms with E-state index in [0.29, 0.717) is 5.75 Å². The molecule has 0 aliphatic heterocycles. The summed E-state index contributed by atoms with van der Waals surface area (Å²) in [6.45, 7) is -0.147. The van der Waals surface area contributed by atoms with Crippen molar-refractivity contribution in [2.75, 3.05) is 20.3 Å². The van der Waals surface area contributed by atoms with E-state index < -0.39 is 5.91 Å². The molecule has 22 heavy (non-hydrogen) atoms. The Morgan fingerprint density at radius 1 is 1.18 bits per heavy atom. The Kier molecular flexibility index (Phi) is 5.63. The van der Waals surface area contributed by atoms with Crippen LogP contribution in [0.25, 0.3) is 0 Å². The number of benzene rings is 1. The van der Waals surface area contributed by atoms with Crippen LogP contribution in [0.1, 0.15) is 25.7 Å². The molecule has 1 aromatic rings. The van der Waals surface area contributed by atoms with Crippen LogP contribution in [0.4, 0.5) is 0 Å². The Labute approximate surface area is 130 Å². The topological polar surface area (TPSA) is 81.9 Å². The maximum absolute atomic E-state index is 12.3. The molecule has 2 amide bonds. The lowest BCUT2D eigenvalue weighted by atomic mass is 10.2. The molecule has 2 N–H and O–H groups in total. The number of primary amides is 1. The summed E-state index contributed by atoms with van der Waals surface area (Å²) >= 11 is 0. The zero-order valence-electron chi connectivity index (χ0n) is 12.8. The van der Waals surface area contributed by atoms with Crippen LogP contribution >= 0.6 is 0 Å². The Bertz CT molecular complexity index is 509. The van der Waals surface area contributed by atoms with Crippen molar-refractivity contribution < 1.29 is 19.1 Å². The second-order valence-corrected chi connectivity index (χ2v) is 5.39. The number of hydrogen-bond donors (Lipinski definition) is 1. The summed E-state index contributed by atoms with van der Waals surface area (Å²) in [5, 5.41) is 0. The number of nitrogens with zero attached hydrogens (tertiary/aromatic N) is 1. The van der Waals surface area contributed by atoms with Crippen LogP contribution in [0.2, 0.25) is 0 Å². The minimum Gasteiger partial charge on any atom is -0.497 e. The molecule has 1 aliphatic rings. The highest BCUT2D eigenvalue weighted by Gasteiger charge is 2.27. The van der Waals surface area contributed by atoms with Crippen molar-refractivity contribution in [1.82, 2.24) is 4.90 Å². The van der Waals surface area contributed by atoms with Crippen LogP contribution in [0.15, 0.2) is 24.3 Å². The third-order valence-electron chi connectivity index (χ3n) is 3.83. The molecule has 2 rings (SSSR count). The number of carbonyl (C=O) groups is 2. The summed E-state index contributed by atoms with van der Waals surface area (Å²) < 4.78 is 10.6. The van der Waals surface area contributed by atoms with Gasteiger partial charge in [-0.1, -0.05) is 12.8 Å². The van der Waals surface area contributed by atoms with Gasteiger partial charge < -0.3 is 20.1 Å². The number of amides is 2. The van der Waals surface area contributed by atoms with Crippen molar-refractivity contribution in [3.05, 3.63) is 24.3 Å². The second kappa shape index (κ2) is 7.68. The second-order valence-electron chi connectivity index (χ2n) is 5.39. The van der Waals surface area contributed by atoms with Gasteiger partial charge in [-0.25, -0.2) is 0 Å². The average Bonchev–Trinajstić information content (AvgIpc) is 3.04. The third kappa shape index (κ3) is 4.38. The Morgan fingerprint density at radius 3 is 2.32 bits per heavy atom. The van der Waals surface area contributed by atoms with Crippen molar-refractivity contribution in [1.29, 1.82) is 0 Å². The lowest BCUT2D eigenvalue weighted by molar-refractivity contribution is -0.139. The summed E-state index contributed by atoms with van der Waals surface area (Å²) in [6.07, 6.45) is 3.99. The van der Waals surface area contributed by atoms with Crippen LogP contribution < -0.4 is 15.2 Å². The fraction of sp³-hybridized carbons (Fsp3) is 0.500. The predicted molar refractivity (Wildman–Crippen MR) is 81.7 cm³/mol. The van der Waals surface area contributed by atoms with Gasteiger partial charge in [-0.3, -0.25) is 9.59 Å². The fourth-order valence-corrected chi connectivity index (χ4v) is 2.70. The third-order valence-corrected chi connectivity index (χ3v) is 3.83. The SMILES string of the molecule is COc1ccc(OCC(=O)N(CC(N)=O)C2CCCC2)cc1. The number of nitrogens with two attached hydrogens (primary N) is 1. The zero-order valence-corrected chi connectivity index (χ0v) is 12.8. The molecule has 0 saturated heterocycles. The van der Waals surface area contributed by atoms with E-state index in [1.807, 2.05) is 0 Å². The van der Waals surface area contributed by atoms with Crippen LogP contribution in [-0.4, -0.2) is 43.0 Å². The first-order valence-corrected chi connectivity index (χ1v) is 7.45. The maximum atomic E-state index is 12.3. The number of methoxy groups -OCH3 is 1. The number of hydrogen-bond acceptors (Lipinski definition) is 4. The fourth-order valence-electron chi connectivity index (χ4n) is 2.70. The summed E-state index contributed by atoms with van der Waals surface area (Å²) in [7, 11) is 1.59. The lowest BCUT2D eigenvalue weighted by Crippen LogP contribution is -2.46. The molecular formula is C16H22N2O4. The summed E-state index contributed by atoms with van der Waals surface area (Å²) in [4.78, 5) is 25.1. The van der Waals surface area contributed by atoms with Crippen molar-refractivity contribution in [2.24, 2.45) is 5.73 Å². The van der Waals surface area contributed by atoms with Gasteiger partial charge in [0.1, 0.15) is 11.5 Å². The van der Waals surface area contributed by atoms with Gasteiger partial charge in [0.15, 0.2) is 6.61 Å². The van der Waals surface area contributed by atoms with Gasteiger partial charge in [0, 0.05) is 6.04 Å². The molecule has 6 nitrogen and oxygen atoms in total. The Hall–Kier alpha value is -2.24. The molecule has 1 saturated carbocycles. The Balaban J connectivity index is 1.93. The van der Waals surface area contributed by atoms with Gasteiger partial charge in [-0.05, 0) is 37.1 Å². The average molecular weight is 306 g/mol. The largest absolute Gasteiger partial charge is 0.497 e. The van der Waals surface area contributed by atoms with Gasteiger partial charge in [0.25, 0.3) is 5.91 Å². The van der Waals surface area contributed by atoms with Crippen LogP contribution in [0.5, 0.6) is 11.5 Å². The molecule has 1 fully saturated rings. The molecule has 0 unspecified atom stereocenters. The molecule has 120 valence electrons. The smallest absolute Gasteiger partial charge is 0.261 e. The van der Waals surface area contributed by atoms with E-state index in [1.165, 1.54) is 0 Å². The molecule has 0 heterocycles. The minimum absolute atomic E-state index is 0.0462. The van der Waals surface area contributed by atoms with Gasteiger partial charge in [0.05, 0.1) is 13.7 Å².